The normalized spacial score (nSPS) is 18.3. The van der Waals surface area contributed by atoms with Gasteiger partial charge in [0.05, 0.1) is 12.7 Å². The number of anilines is 1. The number of morpholine rings is 1. The van der Waals surface area contributed by atoms with Gasteiger partial charge >= 0.3 is 0 Å². The van der Waals surface area contributed by atoms with E-state index in [-0.39, 0.29) is 17.3 Å². The third kappa shape index (κ3) is 4.28. The Morgan fingerprint density at radius 3 is 2.64 bits per heavy atom. The van der Waals surface area contributed by atoms with Crippen molar-refractivity contribution in [3.8, 4) is 11.5 Å². The van der Waals surface area contributed by atoms with Crippen LogP contribution < -0.4 is 9.64 Å². The van der Waals surface area contributed by atoms with E-state index in [2.05, 4.69) is 9.88 Å². The molecule has 5 heteroatoms. The van der Waals surface area contributed by atoms with Crippen LogP contribution in [0, 0.1) is 5.82 Å². The average molecular weight is 344 g/mol. The lowest BCUT2D eigenvalue weighted by molar-refractivity contribution is 0.0529. The molecule has 1 aromatic heterocycles. The summed E-state index contributed by atoms with van der Waals surface area (Å²) in [6.45, 7) is 10.3. The lowest BCUT2D eigenvalue weighted by Crippen LogP contribution is -2.41. The van der Waals surface area contributed by atoms with Crippen LogP contribution >= 0.6 is 0 Å². The van der Waals surface area contributed by atoms with Crippen molar-refractivity contribution >= 4 is 5.82 Å². The van der Waals surface area contributed by atoms with E-state index in [0.717, 1.165) is 18.9 Å². The van der Waals surface area contributed by atoms with Gasteiger partial charge in [-0.15, -0.1) is 0 Å². The number of pyridine rings is 1. The summed E-state index contributed by atoms with van der Waals surface area (Å²) < 4.78 is 25.8. The van der Waals surface area contributed by atoms with Gasteiger partial charge in [0, 0.05) is 31.4 Å². The van der Waals surface area contributed by atoms with Gasteiger partial charge < -0.3 is 14.4 Å². The van der Waals surface area contributed by atoms with Crippen LogP contribution in [-0.4, -0.2) is 30.8 Å². The number of hydrogen-bond acceptors (Lipinski definition) is 4. The van der Waals surface area contributed by atoms with Crippen LogP contribution in [-0.2, 0) is 10.2 Å². The molecule has 1 aromatic carbocycles. The molecular formula is C20H25FN2O2. The van der Waals surface area contributed by atoms with Crippen molar-refractivity contribution in [1.29, 1.82) is 0 Å². The third-order valence-corrected chi connectivity index (χ3v) is 4.27. The monoisotopic (exact) mass is 344 g/mol. The highest BCUT2D eigenvalue weighted by molar-refractivity contribution is 5.45. The number of ether oxygens (including phenoxy) is 2. The van der Waals surface area contributed by atoms with E-state index in [4.69, 9.17) is 9.47 Å². The molecule has 0 radical (unpaired) electrons. The van der Waals surface area contributed by atoms with Crippen molar-refractivity contribution in [2.24, 2.45) is 0 Å². The lowest BCUT2D eigenvalue weighted by atomic mass is 9.87. The van der Waals surface area contributed by atoms with Crippen LogP contribution in [0.5, 0.6) is 11.5 Å². The Morgan fingerprint density at radius 2 is 1.96 bits per heavy atom. The Bertz CT molecular complexity index is 743. The minimum absolute atomic E-state index is 0.180. The Labute approximate surface area is 148 Å². The van der Waals surface area contributed by atoms with E-state index in [9.17, 15) is 4.39 Å². The summed E-state index contributed by atoms with van der Waals surface area (Å²) >= 11 is 0. The van der Waals surface area contributed by atoms with Crippen LogP contribution in [0.2, 0.25) is 0 Å². The Balaban J connectivity index is 1.77. The first-order chi connectivity index (χ1) is 11.8. The van der Waals surface area contributed by atoms with Gasteiger partial charge in [-0.3, -0.25) is 0 Å². The Hall–Kier alpha value is -2.14. The zero-order valence-corrected chi connectivity index (χ0v) is 15.3. The van der Waals surface area contributed by atoms with Gasteiger partial charge in [-0.25, -0.2) is 9.37 Å². The highest BCUT2D eigenvalue weighted by Gasteiger charge is 2.20. The summed E-state index contributed by atoms with van der Waals surface area (Å²) in [5.41, 5.74) is 0.442. The molecular weight excluding hydrogens is 319 g/mol. The maximum Gasteiger partial charge on any atom is 0.132 e. The molecule has 0 N–H and O–H groups in total. The van der Waals surface area contributed by atoms with Gasteiger partial charge in [-0.2, -0.15) is 0 Å². The van der Waals surface area contributed by atoms with Crippen molar-refractivity contribution in [1.82, 2.24) is 4.98 Å². The number of nitrogens with zero attached hydrogens (tertiary/aromatic N) is 2. The smallest absolute Gasteiger partial charge is 0.132 e. The van der Waals surface area contributed by atoms with E-state index >= 15 is 0 Å². The fraction of sp³-hybridized carbons (Fsp3) is 0.450. The minimum atomic E-state index is -0.249. The van der Waals surface area contributed by atoms with E-state index in [0.29, 0.717) is 23.7 Å². The zero-order valence-electron chi connectivity index (χ0n) is 15.3. The zero-order chi connectivity index (χ0) is 18.0. The topological polar surface area (TPSA) is 34.6 Å². The Kier molecular flexibility index (Phi) is 4.95. The number of halogens is 1. The van der Waals surface area contributed by atoms with Gasteiger partial charge in [0.25, 0.3) is 0 Å². The van der Waals surface area contributed by atoms with Gasteiger partial charge in [0.1, 0.15) is 23.1 Å². The second-order valence-corrected chi connectivity index (χ2v) is 7.47. The van der Waals surface area contributed by atoms with Crippen molar-refractivity contribution in [2.45, 2.75) is 39.2 Å². The van der Waals surface area contributed by atoms with Crippen molar-refractivity contribution in [2.75, 3.05) is 24.6 Å². The summed E-state index contributed by atoms with van der Waals surface area (Å²) in [7, 11) is 0. The molecule has 3 rings (SSSR count). The number of hydrogen-bond donors (Lipinski definition) is 0. The van der Waals surface area contributed by atoms with E-state index in [1.165, 1.54) is 6.07 Å². The predicted molar refractivity (Wildman–Crippen MR) is 97.0 cm³/mol. The highest BCUT2D eigenvalue weighted by atomic mass is 19.1. The molecule has 1 fully saturated rings. The summed E-state index contributed by atoms with van der Waals surface area (Å²) in [6.07, 6.45) is 1.89. The van der Waals surface area contributed by atoms with Crippen LogP contribution in [0.15, 0.2) is 36.5 Å². The molecule has 2 aromatic rings. The molecule has 1 unspecified atom stereocenters. The summed E-state index contributed by atoms with van der Waals surface area (Å²) in [6, 6.07) is 8.70. The fourth-order valence-electron chi connectivity index (χ4n) is 2.97. The fourth-order valence-corrected chi connectivity index (χ4v) is 2.97. The first-order valence-electron chi connectivity index (χ1n) is 8.63. The van der Waals surface area contributed by atoms with Crippen molar-refractivity contribution < 1.29 is 13.9 Å². The second-order valence-electron chi connectivity index (χ2n) is 7.47. The number of rotatable bonds is 3. The molecule has 1 saturated heterocycles. The van der Waals surface area contributed by atoms with Crippen LogP contribution in [0.25, 0.3) is 0 Å². The van der Waals surface area contributed by atoms with Crippen molar-refractivity contribution in [3.05, 3.63) is 47.9 Å². The molecule has 0 saturated carbocycles. The van der Waals surface area contributed by atoms with Gasteiger partial charge in [0.2, 0.25) is 0 Å². The average Bonchev–Trinajstić information content (AvgIpc) is 2.54. The van der Waals surface area contributed by atoms with Crippen LogP contribution in [0.1, 0.15) is 33.3 Å². The van der Waals surface area contributed by atoms with E-state index in [1.54, 1.807) is 24.4 Å². The molecule has 1 aliphatic heterocycles. The molecule has 0 bridgehead atoms. The highest BCUT2D eigenvalue weighted by Crippen LogP contribution is 2.30. The lowest BCUT2D eigenvalue weighted by Gasteiger charge is -2.32. The standard InChI is InChI=1S/C20H25FN2O2/c1-14-13-23(9-10-24-14)19-12-16(7-8-22-19)25-15-5-6-17(18(21)11-15)20(2,3)4/h5-8,11-12,14H,9-10,13H2,1-4H3. The van der Waals surface area contributed by atoms with Crippen molar-refractivity contribution in [3.63, 3.8) is 0 Å². The minimum Gasteiger partial charge on any atom is -0.457 e. The van der Waals surface area contributed by atoms with Gasteiger partial charge in [-0.05, 0) is 30.0 Å². The largest absolute Gasteiger partial charge is 0.457 e. The molecule has 1 aliphatic rings. The predicted octanol–water partition coefficient (Wildman–Crippen LogP) is 4.54. The first kappa shape index (κ1) is 17.7. The SMILES string of the molecule is CC1CN(c2cc(Oc3ccc(C(C)(C)C)c(F)c3)ccn2)CCO1. The molecule has 25 heavy (non-hydrogen) atoms. The Morgan fingerprint density at radius 1 is 1.20 bits per heavy atom. The summed E-state index contributed by atoms with van der Waals surface area (Å²) in [5.74, 6) is 1.73. The third-order valence-electron chi connectivity index (χ3n) is 4.27. The molecule has 2 heterocycles. The van der Waals surface area contributed by atoms with E-state index < -0.39 is 0 Å². The maximum atomic E-state index is 14.3. The number of benzene rings is 1. The molecule has 0 amide bonds. The molecule has 1 atom stereocenters. The quantitative estimate of drug-likeness (QED) is 0.819. The molecule has 134 valence electrons. The van der Waals surface area contributed by atoms with Crippen LogP contribution in [0.4, 0.5) is 10.2 Å². The maximum absolute atomic E-state index is 14.3. The van der Waals surface area contributed by atoms with Gasteiger partial charge in [0.15, 0.2) is 0 Å². The number of aromatic nitrogens is 1. The van der Waals surface area contributed by atoms with E-state index in [1.807, 2.05) is 33.8 Å². The van der Waals surface area contributed by atoms with Gasteiger partial charge in [-0.1, -0.05) is 26.8 Å². The summed E-state index contributed by atoms with van der Waals surface area (Å²) in [5, 5.41) is 0. The second kappa shape index (κ2) is 7.00. The molecule has 4 nitrogen and oxygen atoms in total. The van der Waals surface area contributed by atoms with Crippen LogP contribution in [0.3, 0.4) is 0 Å². The molecule has 0 aliphatic carbocycles. The molecule has 0 spiro atoms. The first-order valence-corrected chi connectivity index (χ1v) is 8.63. The summed E-state index contributed by atoms with van der Waals surface area (Å²) in [4.78, 5) is 6.59.